The molecule has 0 radical (unpaired) electrons. The molecule has 2 rings (SSSR count). The Balaban J connectivity index is 2.08. The predicted molar refractivity (Wildman–Crippen MR) is 78.4 cm³/mol. The zero-order chi connectivity index (χ0) is 15.2. The topological polar surface area (TPSA) is 83.5 Å². The molecule has 4 N–H and O–H groups in total. The van der Waals surface area contributed by atoms with Crippen LogP contribution in [-0.2, 0) is 13.1 Å². The zero-order valence-electron chi connectivity index (χ0n) is 11.7. The molecule has 0 saturated heterocycles. The third-order valence-electron chi connectivity index (χ3n) is 3.23. The van der Waals surface area contributed by atoms with E-state index in [2.05, 4.69) is 15.5 Å². The Morgan fingerprint density at radius 2 is 2.10 bits per heavy atom. The van der Waals surface area contributed by atoms with E-state index in [1.54, 1.807) is 18.5 Å². The number of aromatic nitrogens is 1. The number of nitrogens with two attached hydrogens (primary N) is 1. The molecule has 1 heterocycles. The van der Waals surface area contributed by atoms with Crippen LogP contribution in [0.3, 0.4) is 0 Å². The number of amidine groups is 1. The van der Waals surface area contributed by atoms with Crippen molar-refractivity contribution in [1.82, 2.24) is 10.3 Å². The lowest BCUT2D eigenvalue weighted by molar-refractivity contribution is 0.318. The lowest BCUT2D eigenvalue weighted by Gasteiger charge is -2.11. The number of halogens is 1. The third-order valence-corrected chi connectivity index (χ3v) is 3.23. The summed E-state index contributed by atoms with van der Waals surface area (Å²) in [6, 6.07) is 6.16. The number of hydrogen-bond acceptors (Lipinski definition) is 4. The molecule has 0 amide bonds. The van der Waals surface area contributed by atoms with E-state index in [4.69, 9.17) is 10.9 Å². The van der Waals surface area contributed by atoms with Crippen molar-refractivity contribution >= 4 is 5.84 Å². The van der Waals surface area contributed by atoms with Crippen LogP contribution in [0, 0.1) is 12.7 Å². The van der Waals surface area contributed by atoms with E-state index in [1.807, 2.05) is 13.0 Å². The molecule has 21 heavy (non-hydrogen) atoms. The van der Waals surface area contributed by atoms with Crippen LogP contribution < -0.4 is 11.1 Å². The molecule has 0 unspecified atom stereocenters. The first-order valence-electron chi connectivity index (χ1n) is 6.48. The maximum Gasteiger partial charge on any atom is 0.170 e. The minimum absolute atomic E-state index is 0.108. The fourth-order valence-electron chi connectivity index (χ4n) is 2.01. The molecule has 5 nitrogen and oxygen atoms in total. The summed E-state index contributed by atoms with van der Waals surface area (Å²) in [6.07, 6.45) is 3.55. The molecule has 0 aliphatic rings. The Kier molecular flexibility index (Phi) is 4.84. The Bertz CT molecular complexity index is 658. The van der Waals surface area contributed by atoms with E-state index >= 15 is 0 Å². The van der Waals surface area contributed by atoms with E-state index < -0.39 is 5.82 Å². The van der Waals surface area contributed by atoms with E-state index in [1.165, 1.54) is 12.1 Å². The second-order valence-electron chi connectivity index (χ2n) is 4.69. The molecule has 0 saturated carbocycles. The van der Waals surface area contributed by atoms with Gasteiger partial charge in [-0.2, -0.15) is 0 Å². The van der Waals surface area contributed by atoms with Gasteiger partial charge < -0.3 is 16.3 Å². The normalized spacial score (nSPS) is 11.6. The number of aryl methyl sites for hydroxylation is 1. The second-order valence-corrected chi connectivity index (χ2v) is 4.69. The number of nitrogens with one attached hydrogen (secondary N) is 1. The summed E-state index contributed by atoms with van der Waals surface area (Å²) in [5.41, 5.74) is 8.94. The smallest absolute Gasteiger partial charge is 0.170 e. The average molecular weight is 288 g/mol. The highest BCUT2D eigenvalue weighted by molar-refractivity contribution is 5.98. The lowest BCUT2D eigenvalue weighted by atomic mass is 10.1. The van der Waals surface area contributed by atoms with Crippen molar-refractivity contribution in [3.8, 4) is 0 Å². The number of nitrogens with zero attached hydrogens (tertiary/aromatic N) is 2. The minimum Gasteiger partial charge on any atom is -0.409 e. The van der Waals surface area contributed by atoms with Gasteiger partial charge in [0.25, 0.3) is 0 Å². The zero-order valence-corrected chi connectivity index (χ0v) is 11.7. The summed E-state index contributed by atoms with van der Waals surface area (Å²) < 4.78 is 13.3. The van der Waals surface area contributed by atoms with E-state index in [9.17, 15) is 4.39 Å². The average Bonchev–Trinajstić information content (AvgIpc) is 2.49. The van der Waals surface area contributed by atoms with Crippen LogP contribution in [0.4, 0.5) is 4.39 Å². The fraction of sp³-hybridized carbons (Fsp3) is 0.200. The van der Waals surface area contributed by atoms with Crippen molar-refractivity contribution in [3.05, 3.63) is 64.7 Å². The van der Waals surface area contributed by atoms with Gasteiger partial charge in [0.05, 0.1) is 0 Å². The molecule has 110 valence electrons. The molecule has 2 aromatic rings. The minimum atomic E-state index is -0.427. The molecule has 0 atom stereocenters. The largest absolute Gasteiger partial charge is 0.409 e. The molecule has 0 fully saturated rings. The van der Waals surface area contributed by atoms with Crippen LogP contribution in [-0.4, -0.2) is 16.0 Å². The number of rotatable bonds is 5. The Morgan fingerprint density at radius 3 is 2.81 bits per heavy atom. The van der Waals surface area contributed by atoms with Crippen molar-refractivity contribution in [2.75, 3.05) is 0 Å². The van der Waals surface area contributed by atoms with Gasteiger partial charge in [0.1, 0.15) is 5.82 Å². The van der Waals surface area contributed by atoms with Crippen molar-refractivity contribution in [3.63, 3.8) is 0 Å². The molecule has 1 aromatic heterocycles. The Morgan fingerprint density at radius 1 is 1.33 bits per heavy atom. The first-order chi connectivity index (χ1) is 10.1. The molecule has 0 spiro atoms. The maximum atomic E-state index is 13.3. The van der Waals surface area contributed by atoms with Gasteiger partial charge in [-0.05, 0) is 41.8 Å². The number of oxime groups is 1. The van der Waals surface area contributed by atoms with Gasteiger partial charge >= 0.3 is 0 Å². The van der Waals surface area contributed by atoms with E-state index in [-0.39, 0.29) is 5.84 Å². The molecule has 1 aromatic carbocycles. The summed E-state index contributed by atoms with van der Waals surface area (Å²) in [5, 5.41) is 14.9. The van der Waals surface area contributed by atoms with Gasteiger partial charge in [-0.3, -0.25) is 4.98 Å². The summed E-state index contributed by atoms with van der Waals surface area (Å²) in [4.78, 5) is 4.08. The third kappa shape index (κ3) is 3.76. The van der Waals surface area contributed by atoms with E-state index in [0.29, 0.717) is 18.7 Å². The quantitative estimate of drug-likeness (QED) is 0.340. The number of pyridine rings is 1. The van der Waals surface area contributed by atoms with Crippen LogP contribution in [0.2, 0.25) is 0 Å². The summed E-state index contributed by atoms with van der Waals surface area (Å²) >= 11 is 0. The summed E-state index contributed by atoms with van der Waals surface area (Å²) in [7, 11) is 0. The monoisotopic (exact) mass is 288 g/mol. The molecule has 0 bridgehead atoms. The van der Waals surface area contributed by atoms with Crippen molar-refractivity contribution < 1.29 is 9.60 Å². The summed E-state index contributed by atoms with van der Waals surface area (Å²) in [5.74, 6) is -0.535. The summed E-state index contributed by atoms with van der Waals surface area (Å²) in [6.45, 7) is 3.12. The van der Waals surface area contributed by atoms with Crippen LogP contribution in [0.1, 0.15) is 22.3 Å². The number of benzene rings is 1. The van der Waals surface area contributed by atoms with Crippen molar-refractivity contribution in [2.45, 2.75) is 20.0 Å². The van der Waals surface area contributed by atoms with Gasteiger partial charge in [-0.25, -0.2) is 4.39 Å². The maximum absolute atomic E-state index is 13.3. The Labute approximate surface area is 122 Å². The van der Waals surface area contributed by atoms with Crippen LogP contribution in [0.5, 0.6) is 0 Å². The highest BCUT2D eigenvalue weighted by atomic mass is 19.1. The Hall–Kier alpha value is -2.47. The predicted octanol–water partition coefficient (Wildman–Crippen LogP) is 1.91. The fourth-order valence-corrected chi connectivity index (χ4v) is 2.01. The highest BCUT2D eigenvalue weighted by Gasteiger charge is 2.08. The van der Waals surface area contributed by atoms with Gasteiger partial charge in [0.2, 0.25) is 0 Å². The highest BCUT2D eigenvalue weighted by Crippen LogP contribution is 2.12. The van der Waals surface area contributed by atoms with Crippen LogP contribution in [0.15, 0.2) is 41.8 Å². The lowest BCUT2D eigenvalue weighted by Crippen LogP contribution is -2.20. The first kappa shape index (κ1) is 14.9. The molecule has 0 aliphatic carbocycles. The van der Waals surface area contributed by atoms with Gasteiger partial charge in [-0.1, -0.05) is 11.2 Å². The van der Waals surface area contributed by atoms with Crippen molar-refractivity contribution in [2.24, 2.45) is 10.9 Å². The standard InChI is InChI=1S/C15H17FN4O/c1-10-4-5-18-8-12(10)9-19-7-11-2-3-13(16)6-14(11)15(17)20-21/h2-6,8,19,21H,7,9H2,1H3,(H2,17,20). The van der Waals surface area contributed by atoms with Crippen LogP contribution in [0.25, 0.3) is 0 Å². The molecular formula is C15H17FN4O. The van der Waals surface area contributed by atoms with Gasteiger partial charge in [0, 0.05) is 31.0 Å². The SMILES string of the molecule is Cc1ccncc1CNCc1ccc(F)cc1/C(N)=N/O. The van der Waals surface area contributed by atoms with Crippen LogP contribution >= 0.6 is 0 Å². The molecule has 0 aliphatic heterocycles. The van der Waals surface area contributed by atoms with E-state index in [0.717, 1.165) is 16.7 Å². The second kappa shape index (κ2) is 6.81. The number of hydrogen-bond donors (Lipinski definition) is 3. The van der Waals surface area contributed by atoms with Crippen molar-refractivity contribution in [1.29, 1.82) is 0 Å². The first-order valence-corrected chi connectivity index (χ1v) is 6.48. The van der Waals surface area contributed by atoms with Gasteiger partial charge in [0.15, 0.2) is 5.84 Å². The van der Waals surface area contributed by atoms with Gasteiger partial charge in [-0.15, -0.1) is 0 Å². The molecular weight excluding hydrogens is 271 g/mol. The molecule has 6 heteroatoms.